The number of benzene rings is 1. The average molecular weight is 274 g/mol. The Morgan fingerprint density at radius 1 is 1.26 bits per heavy atom. The van der Waals surface area contributed by atoms with Gasteiger partial charge in [0, 0.05) is 4.70 Å². The third kappa shape index (κ3) is 1.77. The minimum absolute atomic E-state index is 0.116. The van der Waals surface area contributed by atoms with Crippen LogP contribution in [0.2, 0.25) is 0 Å². The lowest BCUT2D eigenvalue weighted by atomic mass is 10.2. The first-order valence-electron chi connectivity index (χ1n) is 5.60. The van der Waals surface area contributed by atoms with Gasteiger partial charge in [0.15, 0.2) is 0 Å². The predicted molar refractivity (Wildman–Crippen MR) is 74.4 cm³/mol. The first-order valence-corrected chi connectivity index (χ1v) is 6.48. The van der Waals surface area contributed by atoms with Crippen LogP contribution in [0.5, 0.6) is 5.88 Å². The van der Waals surface area contributed by atoms with Gasteiger partial charge in [0.2, 0.25) is 5.88 Å². The highest BCUT2D eigenvalue weighted by molar-refractivity contribution is 7.17. The van der Waals surface area contributed by atoms with Crippen LogP contribution in [0.3, 0.4) is 0 Å². The van der Waals surface area contributed by atoms with E-state index < -0.39 is 11.2 Å². The smallest absolute Gasteiger partial charge is 0.335 e. The fourth-order valence-electron chi connectivity index (χ4n) is 1.94. The van der Waals surface area contributed by atoms with Crippen LogP contribution in [0.25, 0.3) is 15.8 Å². The molecule has 0 aliphatic rings. The van der Waals surface area contributed by atoms with Gasteiger partial charge in [-0.25, -0.2) is 9.36 Å². The van der Waals surface area contributed by atoms with Crippen molar-refractivity contribution in [2.45, 2.75) is 6.92 Å². The summed E-state index contributed by atoms with van der Waals surface area (Å²) >= 11 is 1.60. The molecule has 0 aliphatic carbocycles. The normalized spacial score (nSPS) is 11.0. The molecular formula is C13H10N2O3S. The second-order valence-electron chi connectivity index (χ2n) is 4.19. The van der Waals surface area contributed by atoms with Crippen LogP contribution >= 0.6 is 11.3 Å². The number of fused-ring (bicyclic) bond motifs is 1. The van der Waals surface area contributed by atoms with Gasteiger partial charge in [-0.15, -0.1) is 11.3 Å². The van der Waals surface area contributed by atoms with Crippen LogP contribution in [0.1, 0.15) is 5.56 Å². The number of nitrogens with one attached hydrogen (secondary N) is 1. The maximum atomic E-state index is 11.8. The number of thiophene rings is 1. The van der Waals surface area contributed by atoms with Crippen molar-refractivity contribution in [3.05, 3.63) is 56.0 Å². The first-order chi connectivity index (χ1) is 9.08. The zero-order valence-corrected chi connectivity index (χ0v) is 10.8. The molecule has 6 heteroatoms. The van der Waals surface area contributed by atoms with Gasteiger partial charge >= 0.3 is 5.69 Å². The van der Waals surface area contributed by atoms with Crippen LogP contribution in [0.4, 0.5) is 0 Å². The number of H-pyrrole nitrogens is 1. The second-order valence-corrected chi connectivity index (χ2v) is 5.13. The molecule has 2 heterocycles. The van der Waals surface area contributed by atoms with Crippen LogP contribution in [-0.2, 0) is 0 Å². The zero-order valence-electron chi connectivity index (χ0n) is 10.0. The van der Waals surface area contributed by atoms with E-state index in [4.69, 9.17) is 0 Å². The van der Waals surface area contributed by atoms with E-state index in [-0.39, 0.29) is 11.4 Å². The van der Waals surface area contributed by atoms with E-state index in [1.54, 1.807) is 23.5 Å². The molecule has 2 N–H and O–H groups in total. The maximum absolute atomic E-state index is 11.8. The third-order valence-corrected chi connectivity index (χ3v) is 3.90. The molecular weight excluding hydrogens is 264 g/mol. The van der Waals surface area contributed by atoms with Crippen LogP contribution in [-0.4, -0.2) is 14.7 Å². The van der Waals surface area contributed by atoms with Gasteiger partial charge in [0.25, 0.3) is 5.56 Å². The average Bonchev–Trinajstić information content (AvgIpc) is 2.83. The summed E-state index contributed by atoms with van der Waals surface area (Å²) in [7, 11) is 0. The number of aromatic amines is 1. The van der Waals surface area contributed by atoms with Crippen molar-refractivity contribution in [2.75, 3.05) is 0 Å². The minimum Gasteiger partial charge on any atom is -0.494 e. The molecule has 0 radical (unpaired) electrons. The van der Waals surface area contributed by atoms with Crippen molar-refractivity contribution >= 4 is 21.4 Å². The number of nitrogens with zero attached hydrogens (tertiary/aromatic N) is 1. The summed E-state index contributed by atoms with van der Waals surface area (Å²) in [6.07, 6.45) is 0. The molecule has 0 saturated carbocycles. The summed E-state index contributed by atoms with van der Waals surface area (Å²) in [5.41, 5.74) is -0.587. The molecule has 3 rings (SSSR count). The standard InChI is InChI=1S/C13H10N2O3S/c1-7-11(16)14-13(18)15(12(7)17)9-2-3-10-8(6-9)4-5-19-10/h2-6,17H,1H3,(H,14,16,18). The lowest BCUT2D eigenvalue weighted by molar-refractivity contribution is 0.426. The molecule has 0 bridgehead atoms. The van der Waals surface area contributed by atoms with Crippen LogP contribution in [0.15, 0.2) is 39.2 Å². The molecule has 0 spiro atoms. The van der Waals surface area contributed by atoms with E-state index in [9.17, 15) is 14.7 Å². The minimum atomic E-state index is -0.650. The van der Waals surface area contributed by atoms with Gasteiger partial charge in [-0.05, 0) is 42.0 Å². The summed E-state index contributed by atoms with van der Waals surface area (Å²) < 4.78 is 2.19. The fourth-order valence-corrected chi connectivity index (χ4v) is 2.72. The number of aromatic nitrogens is 2. The molecule has 2 aromatic heterocycles. The monoisotopic (exact) mass is 274 g/mol. The Hall–Kier alpha value is -2.34. The Labute approximate surface area is 111 Å². The van der Waals surface area contributed by atoms with E-state index in [1.165, 1.54) is 6.92 Å². The number of rotatable bonds is 1. The molecule has 5 nitrogen and oxygen atoms in total. The van der Waals surface area contributed by atoms with E-state index in [1.807, 2.05) is 17.5 Å². The highest BCUT2D eigenvalue weighted by Crippen LogP contribution is 2.24. The van der Waals surface area contributed by atoms with E-state index in [0.717, 1.165) is 14.7 Å². The van der Waals surface area contributed by atoms with Gasteiger partial charge in [-0.3, -0.25) is 9.78 Å². The molecule has 0 unspecified atom stereocenters. The summed E-state index contributed by atoms with van der Waals surface area (Å²) in [6, 6.07) is 7.34. The summed E-state index contributed by atoms with van der Waals surface area (Å²) in [5, 5.41) is 12.9. The molecule has 96 valence electrons. The Bertz CT molecular complexity index is 889. The quantitative estimate of drug-likeness (QED) is 0.710. The van der Waals surface area contributed by atoms with Gasteiger partial charge in [0.05, 0.1) is 11.3 Å². The van der Waals surface area contributed by atoms with Crippen molar-refractivity contribution in [3.63, 3.8) is 0 Å². The van der Waals surface area contributed by atoms with E-state index in [0.29, 0.717) is 5.69 Å². The van der Waals surface area contributed by atoms with Gasteiger partial charge in [-0.2, -0.15) is 0 Å². The van der Waals surface area contributed by atoms with Crippen molar-refractivity contribution < 1.29 is 5.11 Å². The number of hydrogen-bond donors (Lipinski definition) is 2. The molecule has 0 aliphatic heterocycles. The highest BCUT2D eigenvalue weighted by atomic mass is 32.1. The topological polar surface area (TPSA) is 75.1 Å². The Morgan fingerprint density at radius 2 is 2.05 bits per heavy atom. The van der Waals surface area contributed by atoms with Gasteiger partial charge in [0.1, 0.15) is 0 Å². The Kier molecular flexibility index (Phi) is 2.53. The molecule has 19 heavy (non-hydrogen) atoms. The van der Waals surface area contributed by atoms with Crippen LogP contribution in [0, 0.1) is 6.92 Å². The highest BCUT2D eigenvalue weighted by Gasteiger charge is 2.12. The lowest BCUT2D eigenvalue weighted by Crippen LogP contribution is -2.30. The van der Waals surface area contributed by atoms with Crippen molar-refractivity contribution in [2.24, 2.45) is 0 Å². The SMILES string of the molecule is Cc1c(O)n(-c2ccc3sccc3c2)c(=O)[nH]c1=O. The molecule has 0 amide bonds. The second kappa shape index (κ2) is 4.10. The number of hydrogen-bond acceptors (Lipinski definition) is 4. The Balaban J connectivity index is 2.35. The predicted octanol–water partition coefficient (Wildman–Crippen LogP) is 1.75. The van der Waals surface area contributed by atoms with Gasteiger partial charge in [-0.1, -0.05) is 0 Å². The lowest BCUT2D eigenvalue weighted by Gasteiger charge is -2.09. The zero-order chi connectivity index (χ0) is 13.6. The Morgan fingerprint density at radius 3 is 2.84 bits per heavy atom. The van der Waals surface area contributed by atoms with Crippen molar-refractivity contribution in [1.29, 1.82) is 0 Å². The molecule has 0 atom stereocenters. The van der Waals surface area contributed by atoms with Crippen molar-refractivity contribution in [3.8, 4) is 11.6 Å². The summed E-state index contributed by atoms with van der Waals surface area (Å²) in [5.74, 6) is -0.330. The first kappa shape index (κ1) is 11.7. The van der Waals surface area contributed by atoms with Gasteiger partial charge < -0.3 is 5.11 Å². The van der Waals surface area contributed by atoms with Crippen molar-refractivity contribution in [1.82, 2.24) is 9.55 Å². The molecule has 3 aromatic rings. The van der Waals surface area contributed by atoms with E-state index in [2.05, 4.69) is 4.98 Å². The number of aromatic hydroxyl groups is 1. The summed E-state index contributed by atoms with van der Waals surface area (Å²) in [4.78, 5) is 25.4. The third-order valence-electron chi connectivity index (χ3n) is 3.01. The summed E-state index contributed by atoms with van der Waals surface area (Å²) in [6.45, 7) is 1.47. The largest absolute Gasteiger partial charge is 0.494 e. The fraction of sp³-hybridized carbons (Fsp3) is 0.0769. The molecule has 1 aromatic carbocycles. The molecule has 0 saturated heterocycles. The van der Waals surface area contributed by atoms with E-state index >= 15 is 0 Å². The molecule has 0 fully saturated rings. The maximum Gasteiger partial charge on any atom is 0.335 e. The van der Waals surface area contributed by atoms with Crippen LogP contribution < -0.4 is 11.2 Å².